The van der Waals surface area contributed by atoms with E-state index in [0.717, 1.165) is 0 Å². The Morgan fingerprint density at radius 3 is 2.13 bits per heavy atom. The van der Waals surface area contributed by atoms with Gasteiger partial charge in [0.15, 0.2) is 0 Å². The van der Waals surface area contributed by atoms with Gasteiger partial charge in [0, 0.05) is 0 Å². The maximum absolute atomic E-state index is 5.67. The quantitative estimate of drug-likeness (QED) is 0.538. The summed E-state index contributed by atoms with van der Waals surface area (Å²) < 4.78 is 5.67. The van der Waals surface area contributed by atoms with Gasteiger partial charge in [0.05, 0.1) is 12.2 Å². The number of unbranched alkanes of at least 4 members (excludes halogenated alkanes) is 1. The number of ether oxygens (including phenoxy) is 1. The monoisotopic (exact) mass is 212 g/mol. The van der Waals surface area contributed by atoms with Crippen molar-refractivity contribution >= 4 is 0 Å². The minimum atomic E-state index is 0.536. The highest BCUT2D eigenvalue weighted by molar-refractivity contribution is 4.84. The summed E-state index contributed by atoms with van der Waals surface area (Å²) >= 11 is 0. The van der Waals surface area contributed by atoms with Crippen molar-refractivity contribution in [3.05, 3.63) is 0 Å². The largest absolute Gasteiger partial charge is 0.370 e. The van der Waals surface area contributed by atoms with Crippen LogP contribution in [0.1, 0.15) is 72.6 Å². The van der Waals surface area contributed by atoms with Crippen LogP contribution in [0.4, 0.5) is 0 Å². The van der Waals surface area contributed by atoms with Crippen molar-refractivity contribution < 1.29 is 4.74 Å². The first-order valence-electron chi connectivity index (χ1n) is 6.74. The standard InChI is InChI=1S/C14H28O/c1-5-7-9-12-13(15-12)10-8-11-14(3,4)6-2/h12-13H,5-11H2,1-4H3/t12?,13-/m0/s1. The molecule has 0 aliphatic carbocycles. The third-order valence-electron chi connectivity index (χ3n) is 3.83. The Kier molecular flexibility index (Phi) is 5.11. The van der Waals surface area contributed by atoms with Crippen LogP contribution in [0.5, 0.6) is 0 Å². The van der Waals surface area contributed by atoms with Crippen molar-refractivity contribution in [3.8, 4) is 0 Å². The van der Waals surface area contributed by atoms with E-state index >= 15 is 0 Å². The third-order valence-corrected chi connectivity index (χ3v) is 3.83. The van der Waals surface area contributed by atoms with E-state index in [1.54, 1.807) is 0 Å². The molecule has 1 nitrogen and oxygen atoms in total. The first-order chi connectivity index (χ1) is 7.09. The Balaban J connectivity index is 1.99. The van der Waals surface area contributed by atoms with Crippen molar-refractivity contribution in [1.82, 2.24) is 0 Å². The van der Waals surface area contributed by atoms with Crippen molar-refractivity contribution in [2.45, 2.75) is 84.8 Å². The topological polar surface area (TPSA) is 12.5 Å². The number of hydrogen-bond donors (Lipinski definition) is 0. The Morgan fingerprint density at radius 2 is 1.60 bits per heavy atom. The smallest absolute Gasteiger partial charge is 0.0841 e. The van der Waals surface area contributed by atoms with Crippen molar-refractivity contribution in [2.75, 3.05) is 0 Å². The lowest BCUT2D eigenvalue weighted by molar-refractivity contribution is 0.295. The third kappa shape index (κ3) is 5.01. The van der Waals surface area contributed by atoms with Gasteiger partial charge in [-0.05, 0) is 24.7 Å². The molecule has 1 fully saturated rings. The van der Waals surface area contributed by atoms with Crippen LogP contribution in [0.25, 0.3) is 0 Å². The fraction of sp³-hybridized carbons (Fsp3) is 1.00. The first-order valence-corrected chi connectivity index (χ1v) is 6.74. The molecule has 0 aromatic rings. The molecule has 1 saturated heterocycles. The van der Waals surface area contributed by atoms with Gasteiger partial charge in [0.25, 0.3) is 0 Å². The maximum Gasteiger partial charge on any atom is 0.0841 e. The zero-order valence-electron chi connectivity index (χ0n) is 11.0. The van der Waals surface area contributed by atoms with Crippen LogP contribution in [0.2, 0.25) is 0 Å². The Hall–Kier alpha value is -0.0400. The summed E-state index contributed by atoms with van der Waals surface area (Å²) in [5.74, 6) is 0. The molecule has 0 saturated carbocycles. The predicted molar refractivity (Wildman–Crippen MR) is 66.1 cm³/mol. The fourth-order valence-corrected chi connectivity index (χ4v) is 2.05. The average molecular weight is 212 g/mol. The average Bonchev–Trinajstić information content (AvgIpc) is 2.93. The molecule has 0 spiro atoms. The van der Waals surface area contributed by atoms with Gasteiger partial charge in [0.2, 0.25) is 0 Å². The van der Waals surface area contributed by atoms with E-state index in [4.69, 9.17) is 4.74 Å². The van der Waals surface area contributed by atoms with E-state index in [0.29, 0.717) is 17.6 Å². The summed E-state index contributed by atoms with van der Waals surface area (Å²) in [6.45, 7) is 9.28. The van der Waals surface area contributed by atoms with Gasteiger partial charge in [-0.3, -0.25) is 0 Å². The molecule has 0 aromatic carbocycles. The second kappa shape index (κ2) is 5.89. The van der Waals surface area contributed by atoms with Gasteiger partial charge in [-0.1, -0.05) is 53.4 Å². The van der Waals surface area contributed by atoms with Gasteiger partial charge < -0.3 is 4.74 Å². The van der Waals surface area contributed by atoms with E-state index in [1.807, 2.05) is 0 Å². The molecule has 15 heavy (non-hydrogen) atoms. The molecule has 0 radical (unpaired) electrons. The summed E-state index contributed by atoms with van der Waals surface area (Å²) in [6, 6.07) is 0. The van der Waals surface area contributed by atoms with Gasteiger partial charge in [-0.2, -0.15) is 0 Å². The van der Waals surface area contributed by atoms with Gasteiger partial charge in [-0.15, -0.1) is 0 Å². The zero-order valence-corrected chi connectivity index (χ0v) is 11.0. The lowest BCUT2D eigenvalue weighted by Crippen LogP contribution is -2.09. The second-order valence-electron chi connectivity index (χ2n) is 5.77. The lowest BCUT2D eigenvalue weighted by atomic mass is 9.84. The Bertz CT molecular complexity index is 174. The van der Waals surface area contributed by atoms with E-state index in [1.165, 1.54) is 44.9 Å². The first kappa shape index (κ1) is 13.0. The highest BCUT2D eigenvalue weighted by Gasteiger charge is 2.37. The van der Waals surface area contributed by atoms with Crippen molar-refractivity contribution in [2.24, 2.45) is 5.41 Å². The van der Waals surface area contributed by atoms with Crippen LogP contribution in [0.3, 0.4) is 0 Å². The number of rotatable bonds is 8. The molecule has 0 bridgehead atoms. The van der Waals surface area contributed by atoms with E-state index in [2.05, 4.69) is 27.7 Å². The molecular weight excluding hydrogens is 184 g/mol. The van der Waals surface area contributed by atoms with Crippen LogP contribution >= 0.6 is 0 Å². The van der Waals surface area contributed by atoms with Crippen molar-refractivity contribution in [3.63, 3.8) is 0 Å². The minimum absolute atomic E-state index is 0.536. The molecule has 1 rings (SSSR count). The molecule has 0 aromatic heterocycles. The van der Waals surface area contributed by atoms with Gasteiger partial charge in [0.1, 0.15) is 0 Å². The molecule has 1 aliphatic heterocycles. The second-order valence-corrected chi connectivity index (χ2v) is 5.77. The number of hydrogen-bond acceptors (Lipinski definition) is 1. The highest BCUT2D eigenvalue weighted by atomic mass is 16.6. The van der Waals surface area contributed by atoms with Crippen LogP contribution < -0.4 is 0 Å². The molecule has 90 valence electrons. The summed E-state index contributed by atoms with van der Waals surface area (Å²) in [5.41, 5.74) is 0.536. The highest BCUT2D eigenvalue weighted by Crippen LogP contribution is 2.34. The fourth-order valence-electron chi connectivity index (χ4n) is 2.05. The SMILES string of the molecule is CCCCC1O[C@H]1CCCC(C)(C)CC. The van der Waals surface area contributed by atoms with Crippen LogP contribution in [-0.2, 0) is 4.74 Å². The van der Waals surface area contributed by atoms with Gasteiger partial charge >= 0.3 is 0 Å². The molecular formula is C14H28O. The van der Waals surface area contributed by atoms with E-state index in [-0.39, 0.29) is 0 Å². The van der Waals surface area contributed by atoms with E-state index < -0.39 is 0 Å². The summed E-state index contributed by atoms with van der Waals surface area (Å²) in [6.07, 6.45) is 10.4. The molecule has 1 unspecified atom stereocenters. The molecule has 1 heteroatoms. The van der Waals surface area contributed by atoms with Gasteiger partial charge in [-0.25, -0.2) is 0 Å². The molecule has 0 N–H and O–H groups in total. The molecule has 0 amide bonds. The maximum atomic E-state index is 5.67. The normalized spacial score (nSPS) is 25.6. The minimum Gasteiger partial charge on any atom is -0.370 e. The zero-order chi connectivity index (χ0) is 11.3. The summed E-state index contributed by atoms with van der Waals surface area (Å²) in [7, 11) is 0. The molecule has 1 aliphatic rings. The van der Waals surface area contributed by atoms with Crippen LogP contribution in [0, 0.1) is 5.41 Å². The summed E-state index contributed by atoms with van der Waals surface area (Å²) in [4.78, 5) is 0. The Labute approximate surface area is 95.6 Å². The predicted octanol–water partition coefficient (Wildman–Crippen LogP) is 4.55. The van der Waals surface area contributed by atoms with Crippen LogP contribution in [0.15, 0.2) is 0 Å². The molecule has 2 atom stereocenters. The van der Waals surface area contributed by atoms with Crippen LogP contribution in [-0.4, -0.2) is 12.2 Å². The Morgan fingerprint density at radius 1 is 1.00 bits per heavy atom. The number of epoxide rings is 1. The molecule has 1 heterocycles. The lowest BCUT2D eigenvalue weighted by Gasteiger charge is -2.21. The summed E-state index contributed by atoms with van der Waals surface area (Å²) in [5, 5.41) is 0. The van der Waals surface area contributed by atoms with E-state index in [9.17, 15) is 0 Å². The van der Waals surface area contributed by atoms with Crippen molar-refractivity contribution in [1.29, 1.82) is 0 Å².